The standard InChI is InChI=1S/C12H20BrNOS/c1-5-14-11(6-15-12(2,3)4)9-7-16-8-10(9)13/h7-8,11,14H,5-6H2,1-4H3. The molecular weight excluding hydrogens is 286 g/mol. The van der Waals surface area contributed by atoms with E-state index in [2.05, 4.69) is 59.7 Å². The quantitative estimate of drug-likeness (QED) is 0.888. The van der Waals surface area contributed by atoms with Crippen molar-refractivity contribution >= 4 is 27.3 Å². The highest BCUT2D eigenvalue weighted by atomic mass is 79.9. The van der Waals surface area contributed by atoms with Crippen LogP contribution in [-0.4, -0.2) is 18.8 Å². The molecule has 0 bridgehead atoms. The van der Waals surface area contributed by atoms with Crippen LogP contribution in [0.5, 0.6) is 0 Å². The van der Waals surface area contributed by atoms with E-state index in [9.17, 15) is 0 Å². The molecule has 0 aromatic carbocycles. The SMILES string of the molecule is CCNC(COC(C)(C)C)c1cscc1Br. The first-order valence-electron chi connectivity index (χ1n) is 5.53. The molecule has 0 aliphatic heterocycles. The lowest BCUT2D eigenvalue weighted by Gasteiger charge is -2.25. The Morgan fingerprint density at radius 2 is 2.12 bits per heavy atom. The highest BCUT2D eigenvalue weighted by Gasteiger charge is 2.18. The van der Waals surface area contributed by atoms with Gasteiger partial charge in [-0.25, -0.2) is 0 Å². The maximum absolute atomic E-state index is 5.84. The fourth-order valence-corrected chi connectivity index (χ4v) is 3.01. The van der Waals surface area contributed by atoms with Crippen molar-refractivity contribution in [1.82, 2.24) is 5.32 Å². The van der Waals surface area contributed by atoms with Crippen molar-refractivity contribution in [3.63, 3.8) is 0 Å². The second-order valence-corrected chi connectivity index (χ2v) is 6.31. The molecule has 0 amide bonds. The molecule has 0 saturated heterocycles. The topological polar surface area (TPSA) is 21.3 Å². The Morgan fingerprint density at radius 1 is 1.44 bits per heavy atom. The van der Waals surface area contributed by atoms with Crippen molar-refractivity contribution in [2.75, 3.05) is 13.2 Å². The minimum atomic E-state index is -0.0871. The molecule has 0 radical (unpaired) electrons. The maximum Gasteiger partial charge on any atom is 0.0669 e. The van der Waals surface area contributed by atoms with Crippen LogP contribution in [0.4, 0.5) is 0 Å². The average molecular weight is 306 g/mol. The number of hydrogen-bond donors (Lipinski definition) is 1. The molecule has 1 N–H and O–H groups in total. The predicted octanol–water partition coefficient (Wildman–Crippen LogP) is 3.98. The first-order valence-corrected chi connectivity index (χ1v) is 7.26. The third-order valence-electron chi connectivity index (χ3n) is 2.15. The molecule has 0 saturated carbocycles. The Morgan fingerprint density at radius 3 is 2.56 bits per heavy atom. The summed E-state index contributed by atoms with van der Waals surface area (Å²) in [6.07, 6.45) is 0. The summed E-state index contributed by atoms with van der Waals surface area (Å²) >= 11 is 5.28. The second kappa shape index (κ2) is 6.15. The lowest BCUT2D eigenvalue weighted by molar-refractivity contribution is -0.0146. The van der Waals surface area contributed by atoms with Crippen molar-refractivity contribution in [1.29, 1.82) is 0 Å². The van der Waals surface area contributed by atoms with E-state index in [0.717, 1.165) is 6.54 Å². The molecule has 16 heavy (non-hydrogen) atoms. The lowest BCUT2D eigenvalue weighted by Crippen LogP contribution is -2.30. The zero-order valence-electron chi connectivity index (χ0n) is 10.3. The molecule has 4 heteroatoms. The van der Waals surface area contributed by atoms with Gasteiger partial charge in [-0.2, -0.15) is 11.3 Å². The van der Waals surface area contributed by atoms with Crippen LogP contribution in [0.1, 0.15) is 39.3 Å². The summed E-state index contributed by atoms with van der Waals surface area (Å²) in [6.45, 7) is 10.0. The molecule has 0 aliphatic carbocycles. The van der Waals surface area contributed by atoms with Crippen LogP contribution >= 0.6 is 27.3 Å². The van der Waals surface area contributed by atoms with Gasteiger partial charge >= 0.3 is 0 Å². The first kappa shape index (κ1) is 14.2. The van der Waals surface area contributed by atoms with E-state index in [1.807, 2.05) is 0 Å². The minimum absolute atomic E-state index is 0.0871. The summed E-state index contributed by atoms with van der Waals surface area (Å²) in [5.74, 6) is 0. The van der Waals surface area contributed by atoms with Crippen LogP contribution in [0, 0.1) is 0 Å². The maximum atomic E-state index is 5.84. The third kappa shape index (κ3) is 4.53. The van der Waals surface area contributed by atoms with Crippen molar-refractivity contribution in [2.24, 2.45) is 0 Å². The molecule has 1 aromatic heterocycles. The van der Waals surface area contributed by atoms with Gasteiger partial charge in [-0.3, -0.25) is 0 Å². The summed E-state index contributed by atoms with van der Waals surface area (Å²) in [6, 6.07) is 0.268. The van der Waals surface area contributed by atoms with E-state index in [1.54, 1.807) is 11.3 Å². The second-order valence-electron chi connectivity index (χ2n) is 4.71. The zero-order valence-corrected chi connectivity index (χ0v) is 12.7. The van der Waals surface area contributed by atoms with Crippen molar-refractivity contribution < 1.29 is 4.74 Å². The van der Waals surface area contributed by atoms with E-state index >= 15 is 0 Å². The van der Waals surface area contributed by atoms with E-state index in [0.29, 0.717) is 6.61 Å². The van der Waals surface area contributed by atoms with E-state index in [-0.39, 0.29) is 11.6 Å². The fourth-order valence-electron chi connectivity index (χ4n) is 1.38. The number of likely N-dealkylation sites (N-methyl/N-ethyl adjacent to an activating group) is 1. The molecule has 1 rings (SSSR count). The summed E-state index contributed by atoms with van der Waals surface area (Å²) in [5, 5.41) is 7.73. The Labute approximate surface area is 111 Å². The highest BCUT2D eigenvalue weighted by Crippen LogP contribution is 2.28. The Balaban J connectivity index is 2.65. The average Bonchev–Trinajstić information content (AvgIpc) is 2.57. The van der Waals surface area contributed by atoms with Gasteiger partial charge in [-0.05, 0) is 54.2 Å². The summed E-state index contributed by atoms with van der Waals surface area (Å²) in [7, 11) is 0. The van der Waals surface area contributed by atoms with Gasteiger partial charge in [0, 0.05) is 9.85 Å². The van der Waals surface area contributed by atoms with Gasteiger partial charge < -0.3 is 10.1 Å². The first-order chi connectivity index (χ1) is 7.44. The molecule has 2 nitrogen and oxygen atoms in total. The number of ether oxygens (including phenoxy) is 1. The van der Waals surface area contributed by atoms with Crippen LogP contribution in [0.3, 0.4) is 0 Å². The van der Waals surface area contributed by atoms with Gasteiger partial charge in [0.25, 0.3) is 0 Å². The van der Waals surface area contributed by atoms with Crippen LogP contribution in [-0.2, 0) is 4.74 Å². The van der Waals surface area contributed by atoms with Crippen molar-refractivity contribution in [3.8, 4) is 0 Å². The van der Waals surface area contributed by atoms with Gasteiger partial charge in [0.1, 0.15) is 0 Å². The smallest absolute Gasteiger partial charge is 0.0669 e. The van der Waals surface area contributed by atoms with E-state index in [4.69, 9.17) is 4.74 Å². The molecule has 0 fully saturated rings. The normalized spacial score (nSPS) is 14.1. The molecule has 1 atom stereocenters. The van der Waals surface area contributed by atoms with E-state index in [1.165, 1.54) is 10.0 Å². The summed E-state index contributed by atoms with van der Waals surface area (Å²) < 4.78 is 7.01. The van der Waals surface area contributed by atoms with Gasteiger partial charge in [0.2, 0.25) is 0 Å². The highest BCUT2D eigenvalue weighted by molar-refractivity contribution is 9.10. The Hall–Kier alpha value is 0.100. The fraction of sp³-hybridized carbons (Fsp3) is 0.667. The molecule has 0 aliphatic rings. The number of thiophene rings is 1. The van der Waals surface area contributed by atoms with Crippen molar-refractivity contribution in [3.05, 3.63) is 20.8 Å². The largest absolute Gasteiger partial charge is 0.374 e. The number of rotatable bonds is 5. The monoisotopic (exact) mass is 305 g/mol. The molecule has 0 spiro atoms. The van der Waals surface area contributed by atoms with E-state index < -0.39 is 0 Å². The summed E-state index contributed by atoms with van der Waals surface area (Å²) in [4.78, 5) is 0. The van der Waals surface area contributed by atoms with Gasteiger partial charge in [0.05, 0.1) is 18.2 Å². The summed E-state index contributed by atoms with van der Waals surface area (Å²) in [5.41, 5.74) is 1.20. The number of hydrogen-bond acceptors (Lipinski definition) is 3. The van der Waals surface area contributed by atoms with Crippen LogP contribution in [0.15, 0.2) is 15.2 Å². The minimum Gasteiger partial charge on any atom is -0.374 e. The van der Waals surface area contributed by atoms with Crippen LogP contribution < -0.4 is 5.32 Å². The Kier molecular flexibility index (Phi) is 5.44. The molecular formula is C12H20BrNOS. The number of nitrogens with one attached hydrogen (secondary N) is 1. The molecule has 1 aromatic rings. The molecule has 1 heterocycles. The van der Waals surface area contributed by atoms with Gasteiger partial charge in [-0.1, -0.05) is 6.92 Å². The van der Waals surface area contributed by atoms with Crippen LogP contribution in [0.2, 0.25) is 0 Å². The zero-order chi connectivity index (χ0) is 12.2. The van der Waals surface area contributed by atoms with Crippen molar-refractivity contribution in [2.45, 2.75) is 39.3 Å². The van der Waals surface area contributed by atoms with Gasteiger partial charge in [0.15, 0.2) is 0 Å². The molecule has 92 valence electrons. The van der Waals surface area contributed by atoms with Gasteiger partial charge in [-0.15, -0.1) is 0 Å². The third-order valence-corrected chi connectivity index (χ3v) is 3.90. The number of halogens is 1. The lowest BCUT2D eigenvalue weighted by atomic mass is 10.1. The predicted molar refractivity (Wildman–Crippen MR) is 74.1 cm³/mol. The van der Waals surface area contributed by atoms with Crippen LogP contribution in [0.25, 0.3) is 0 Å². The molecule has 1 unspecified atom stereocenters. The Bertz CT molecular complexity index is 319.